The van der Waals surface area contributed by atoms with Crippen LogP contribution in [0.25, 0.3) is 0 Å². The first-order chi connectivity index (χ1) is 8.63. The molecule has 0 spiro atoms. The van der Waals surface area contributed by atoms with E-state index in [-0.39, 0.29) is 18.1 Å². The second-order valence-corrected chi connectivity index (χ2v) is 4.05. The number of carbonyl (C=O) groups excluding carboxylic acids is 2. The number of carbonyl (C=O) groups is 2. The highest BCUT2D eigenvalue weighted by molar-refractivity contribution is 6.22. The Labute approximate surface area is 105 Å². The molecule has 2 amide bonds. The molecular formula is C13H15NO4. The molecular weight excluding hydrogens is 234 g/mol. The van der Waals surface area contributed by atoms with E-state index in [4.69, 9.17) is 9.47 Å². The maximum atomic E-state index is 11.7. The van der Waals surface area contributed by atoms with E-state index in [1.165, 1.54) is 0 Å². The number of amides is 2. The van der Waals surface area contributed by atoms with E-state index in [0.717, 1.165) is 5.56 Å². The third-order valence-electron chi connectivity index (χ3n) is 2.91. The molecule has 96 valence electrons. The van der Waals surface area contributed by atoms with Crippen LogP contribution < -0.4 is 5.32 Å². The van der Waals surface area contributed by atoms with E-state index in [1.807, 2.05) is 6.07 Å². The molecule has 0 saturated carbocycles. The summed E-state index contributed by atoms with van der Waals surface area (Å²) in [6.07, 6.45) is 0.287. The van der Waals surface area contributed by atoms with Crippen LogP contribution in [0.5, 0.6) is 0 Å². The summed E-state index contributed by atoms with van der Waals surface area (Å²) in [6, 6.07) is 5.25. The van der Waals surface area contributed by atoms with Crippen LogP contribution in [0.2, 0.25) is 0 Å². The van der Waals surface area contributed by atoms with Crippen LogP contribution in [-0.2, 0) is 15.9 Å². The maximum Gasteiger partial charge on any atom is 0.259 e. The molecule has 0 fully saturated rings. The molecule has 0 radical (unpaired) electrons. The zero-order chi connectivity index (χ0) is 13.1. The van der Waals surface area contributed by atoms with Crippen molar-refractivity contribution in [3.8, 4) is 0 Å². The number of methoxy groups -OCH3 is 1. The molecule has 1 unspecified atom stereocenters. The third kappa shape index (κ3) is 2.42. The average Bonchev–Trinajstić information content (AvgIpc) is 2.66. The zero-order valence-corrected chi connectivity index (χ0v) is 10.4. The van der Waals surface area contributed by atoms with Gasteiger partial charge in [-0.1, -0.05) is 12.1 Å². The first-order valence-corrected chi connectivity index (χ1v) is 5.75. The van der Waals surface area contributed by atoms with Crippen LogP contribution in [-0.4, -0.2) is 31.8 Å². The molecule has 1 atom stereocenters. The summed E-state index contributed by atoms with van der Waals surface area (Å²) in [7, 11) is 1.57. The van der Waals surface area contributed by atoms with Crippen molar-refractivity contribution in [2.24, 2.45) is 0 Å². The van der Waals surface area contributed by atoms with Crippen LogP contribution in [0.1, 0.15) is 33.2 Å². The molecule has 5 nitrogen and oxygen atoms in total. The van der Waals surface area contributed by atoms with Gasteiger partial charge in [0, 0.05) is 7.11 Å². The number of rotatable bonds is 5. The van der Waals surface area contributed by atoms with Gasteiger partial charge < -0.3 is 9.47 Å². The summed E-state index contributed by atoms with van der Waals surface area (Å²) in [5.74, 6) is -0.659. The van der Waals surface area contributed by atoms with Crippen LogP contribution in [0.15, 0.2) is 18.2 Å². The zero-order valence-electron chi connectivity index (χ0n) is 10.4. The van der Waals surface area contributed by atoms with E-state index in [0.29, 0.717) is 24.2 Å². The number of benzene rings is 1. The van der Waals surface area contributed by atoms with Crippen molar-refractivity contribution in [2.75, 3.05) is 13.7 Å². The van der Waals surface area contributed by atoms with Gasteiger partial charge in [-0.2, -0.15) is 0 Å². The van der Waals surface area contributed by atoms with E-state index >= 15 is 0 Å². The highest BCUT2D eigenvalue weighted by atomic mass is 16.7. The maximum absolute atomic E-state index is 11.7. The highest BCUT2D eigenvalue weighted by Crippen LogP contribution is 2.20. The minimum absolute atomic E-state index is 0.280. The lowest BCUT2D eigenvalue weighted by molar-refractivity contribution is -0.109. The predicted octanol–water partition coefficient (Wildman–Crippen LogP) is 1.12. The molecule has 0 aromatic heterocycles. The van der Waals surface area contributed by atoms with Crippen LogP contribution in [0.4, 0.5) is 0 Å². The molecule has 1 aliphatic heterocycles. The van der Waals surface area contributed by atoms with Gasteiger partial charge in [0.2, 0.25) is 0 Å². The first-order valence-electron chi connectivity index (χ1n) is 5.75. The van der Waals surface area contributed by atoms with Gasteiger partial charge in [0.25, 0.3) is 11.8 Å². The fourth-order valence-electron chi connectivity index (χ4n) is 1.90. The van der Waals surface area contributed by atoms with Gasteiger partial charge in [0.05, 0.1) is 17.7 Å². The van der Waals surface area contributed by atoms with Crippen molar-refractivity contribution >= 4 is 11.8 Å². The molecule has 2 rings (SSSR count). The summed E-state index contributed by atoms with van der Waals surface area (Å²) in [4.78, 5) is 23.1. The van der Waals surface area contributed by atoms with E-state index < -0.39 is 0 Å². The minimum Gasteiger partial charge on any atom is -0.356 e. The number of hydrogen-bond acceptors (Lipinski definition) is 4. The van der Waals surface area contributed by atoms with Crippen molar-refractivity contribution in [3.05, 3.63) is 34.9 Å². The Bertz CT molecular complexity index is 484. The number of ether oxygens (including phenoxy) is 2. The fourth-order valence-corrected chi connectivity index (χ4v) is 1.90. The lowest BCUT2D eigenvalue weighted by atomic mass is 10.0. The number of nitrogens with one attached hydrogen (secondary N) is 1. The summed E-state index contributed by atoms with van der Waals surface area (Å²) in [5, 5.41) is 2.29. The molecule has 1 N–H and O–H groups in total. The normalized spacial score (nSPS) is 15.4. The Morgan fingerprint density at radius 3 is 2.78 bits per heavy atom. The second kappa shape index (κ2) is 5.29. The standard InChI is InChI=1S/C13H15NO4/c1-8(17-2)18-7-6-9-4-3-5-10-11(9)13(16)14-12(10)15/h3-5,8H,6-7H2,1-2H3,(H,14,15,16). The number of imide groups is 1. The predicted molar refractivity (Wildman–Crippen MR) is 64.4 cm³/mol. The van der Waals surface area contributed by atoms with Crippen molar-refractivity contribution in [2.45, 2.75) is 19.6 Å². The Kier molecular flexibility index (Phi) is 3.74. The van der Waals surface area contributed by atoms with Gasteiger partial charge >= 0.3 is 0 Å². The van der Waals surface area contributed by atoms with Gasteiger partial charge in [-0.05, 0) is 25.0 Å². The Morgan fingerprint density at radius 2 is 2.06 bits per heavy atom. The van der Waals surface area contributed by atoms with Gasteiger partial charge in [-0.3, -0.25) is 14.9 Å². The smallest absolute Gasteiger partial charge is 0.259 e. The fraction of sp³-hybridized carbons (Fsp3) is 0.385. The van der Waals surface area contributed by atoms with Gasteiger partial charge in [0.15, 0.2) is 6.29 Å². The molecule has 0 bridgehead atoms. The quantitative estimate of drug-likeness (QED) is 0.627. The molecule has 1 aromatic rings. The molecule has 0 aliphatic carbocycles. The number of fused-ring (bicyclic) bond motifs is 1. The number of hydrogen-bond donors (Lipinski definition) is 1. The average molecular weight is 249 g/mol. The third-order valence-corrected chi connectivity index (χ3v) is 2.91. The van der Waals surface area contributed by atoms with E-state index in [1.54, 1.807) is 26.2 Å². The molecule has 18 heavy (non-hydrogen) atoms. The monoisotopic (exact) mass is 249 g/mol. The Hall–Kier alpha value is -1.72. The largest absolute Gasteiger partial charge is 0.356 e. The van der Waals surface area contributed by atoms with E-state index in [9.17, 15) is 9.59 Å². The Morgan fingerprint density at radius 1 is 1.28 bits per heavy atom. The van der Waals surface area contributed by atoms with E-state index in [2.05, 4.69) is 5.32 Å². The molecule has 1 aromatic carbocycles. The minimum atomic E-state index is -0.331. The van der Waals surface area contributed by atoms with Crippen molar-refractivity contribution < 1.29 is 19.1 Å². The van der Waals surface area contributed by atoms with Crippen molar-refractivity contribution in [3.63, 3.8) is 0 Å². The molecule has 1 aliphatic rings. The lowest BCUT2D eigenvalue weighted by Crippen LogP contribution is -2.20. The van der Waals surface area contributed by atoms with Crippen molar-refractivity contribution in [1.82, 2.24) is 5.32 Å². The van der Waals surface area contributed by atoms with Gasteiger partial charge in [-0.25, -0.2) is 0 Å². The second-order valence-electron chi connectivity index (χ2n) is 4.05. The Balaban J connectivity index is 2.11. The SMILES string of the molecule is COC(C)OCCc1cccc2c1C(=O)NC2=O. The summed E-state index contributed by atoms with van der Waals surface area (Å²) >= 11 is 0. The van der Waals surface area contributed by atoms with Crippen molar-refractivity contribution in [1.29, 1.82) is 0 Å². The first kappa shape index (κ1) is 12.7. The lowest BCUT2D eigenvalue weighted by Gasteiger charge is -2.11. The van der Waals surface area contributed by atoms with Crippen LogP contribution in [0.3, 0.4) is 0 Å². The topological polar surface area (TPSA) is 64.6 Å². The molecule has 5 heteroatoms. The molecule has 0 saturated heterocycles. The van der Waals surface area contributed by atoms with Crippen LogP contribution >= 0.6 is 0 Å². The summed E-state index contributed by atoms with van der Waals surface area (Å²) in [5.41, 5.74) is 1.73. The van der Waals surface area contributed by atoms with Gasteiger partial charge in [-0.15, -0.1) is 0 Å². The van der Waals surface area contributed by atoms with Crippen LogP contribution in [0, 0.1) is 0 Å². The highest BCUT2D eigenvalue weighted by Gasteiger charge is 2.28. The summed E-state index contributed by atoms with van der Waals surface area (Å²) < 4.78 is 10.3. The van der Waals surface area contributed by atoms with Gasteiger partial charge in [0.1, 0.15) is 0 Å². The molecule has 1 heterocycles. The summed E-state index contributed by atoms with van der Waals surface area (Å²) in [6.45, 7) is 2.23.